The van der Waals surface area contributed by atoms with Gasteiger partial charge in [-0.2, -0.15) is 0 Å². The van der Waals surface area contributed by atoms with Gasteiger partial charge in [0.2, 0.25) is 0 Å². The van der Waals surface area contributed by atoms with Gasteiger partial charge in [0.25, 0.3) is 0 Å². The molecule has 0 aliphatic carbocycles. The Bertz CT molecular complexity index is 864. The molecule has 1 rings (SSSR count). The SMILES string of the molecule is C[C@](C(=O)O)(c1ccc(NNC(N)=S)cc1)N(CCN(CC(=O)O)CC(=O)O)CC(=O)O.Cl.Cl.Cl. The fraction of sp³-hybridized carbons (Fsp3) is 0.389. The number of carboxylic acids is 4. The minimum atomic E-state index is -1.81. The van der Waals surface area contributed by atoms with E-state index in [4.69, 9.17) is 15.9 Å². The number of hydrogen-bond donors (Lipinski definition) is 7. The van der Waals surface area contributed by atoms with Crippen molar-refractivity contribution in [2.24, 2.45) is 5.73 Å². The molecule has 0 aliphatic rings. The summed E-state index contributed by atoms with van der Waals surface area (Å²) in [6.07, 6.45) is 0. The highest BCUT2D eigenvalue weighted by Crippen LogP contribution is 2.30. The number of nitrogens with two attached hydrogens (primary N) is 1. The Balaban J connectivity index is -0.00000341. The highest BCUT2D eigenvalue weighted by Gasteiger charge is 2.42. The molecule has 1 aromatic rings. The highest BCUT2D eigenvalue weighted by molar-refractivity contribution is 7.80. The molecule has 0 aromatic heterocycles. The van der Waals surface area contributed by atoms with E-state index >= 15 is 0 Å². The number of anilines is 1. The first-order chi connectivity index (χ1) is 14.9. The Morgan fingerprint density at radius 2 is 1.34 bits per heavy atom. The summed E-state index contributed by atoms with van der Waals surface area (Å²) < 4.78 is 0. The minimum absolute atomic E-state index is 0. The maximum absolute atomic E-state index is 12.2. The zero-order chi connectivity index (χ0) is 24.5. The molecule has 17 heteroatoms. The molecule has 0 amide bonds. The van der Waals surface area contributed by atoms with Crippen molar-refractivity contribution in [2.45, 2.75) is 12.5 Å². The number of benzene rings is 1. The highest BCUT2D eigenvalue weighted by atomic mass is 35.5. The molecule has 0 saturated heterocycles. The number of rotatable bonds is 14. The summed E-state index contributed by atoms with van der Waals surface area (Å²) in [5, 5.41) is 37.2. The molecule has 0 heterocycles. The number of hydrogen-bond acceptors (Lipinski definition) is 8. The third-order valence-electron chi connectivity index (χ3n) is 4.56. The van der Waals surface area contributed by atoms with Crippen LogP contribution in [0.5, 0.6) is 0 Å². The lowest BCUT2D eigenvalue weighted by Gasteiger charge is -2.38. The fourth-order valence-corrected chi connectivity index (χ4v) is 2.99. The van der Waals surface area contributed by atoms with Crippen LogP contribution in [0.2, 0.25) is 0 Å². The summed E-state index contributed by atoms with van der Waals surface area (Å²) in [4.78, 5) is 47.9. The quantitative estimate of drug-likeness (QED) is 0.116. The van der Waals surface area contributed by atoms with Gasteiger partial charge >= 0.3 is 23.9 Å². The molecule has 35 heavy (non-hydrogen) atoms. The molecule has 1 aromatic carbocycles. The lowest BCUT2D eigenvalue weighted by Crippen LogP contribution is -2.54. The molecule has 0 fully saturated rings. The van der Waals surface area contributed by atoms with Crippen LogP contribution in [0.1, 0.15) is 12.5 Å². The molecule has 0 spiro atoms. The molecule has 8 N–H and O–H groups in total. The predicted octanol–water partition coefficient (Wildman–Crippen LogP) is 0.270. The van der Waals surface area contributed by atoms with E-state index in [1.807, 2.05) is 0 Å². The molecule has 0 radical (unpaired) electrons. The van der Waals surface area contributed by atoms with Crippen LogP contribution >= 0.6 is 49.4 Å². The third kappa shape index (κ3) is 12.1. The van der Waals surface area contributed by atoms with Crippen molar-refractivity contribution in [3.8, 4) is 0 Å². The van der Waals surface area contributed by atoms with Gasteiger partial charge in [0.05, 0.1) is 25.3 Å². The normalized spacial score (nSPS) is 11.6. The van der Waals surface area contributed by atoms with Gasteiger partial charge in [-0.05, 0) is 36.8 Å². The van der Waals surface area contributed by atoms with Crippen LogP contribution in [-0.4, -0.2) is 91.9 Å². The monoisotopic (exact) mass is 579 g/mol. The fourth-order valence-electron chi connectivity index (χ4n) is 2.94. The average molecular weight is 581 g/mol. The van der Waals surface area contributed by atoms with Crippen LogP contribution in [0.4, 0.5) is 5.69 Å². The summed E-state index contributed by atoms with van der Waals surface area (Å²) in [5.74, 6) is -5.19. The summed E-state index contributed by atoms with van der Waals surface area (Å²) >= 11 is 4.68. The van der Waals surface area contributed by atoms with Gasteiger partial charge in [0, 0.05) is 13.1 Å². The summed E-state index contributed by atoms with van der Waals surface area (Å²) in [6, 6.07) is 6.00. The predicted molar refractivity (Wildman–Crippen MR) is 138 cm³/mol. The number of halogens is 3. The van der Waals surface area contributed by atoms with Crippen molar-refractivity contribution in [1.82, 2.24) is 15.2 Å². The number of aliphatic carboxylic acids is 4. The first-order valence-corrected chi connectivity index (χ1v) is 9.55. The molecule has 0 unspecified atom stereocenters. The molecule has 0 aliphatic heterocycles. The van der Waals surface area contributed by atoms with Gasteiger partial charge in [0.15, 0.2) is 5.11 Å². The van der Waals surface area contributed by atoms with Crippen molar-refractivity contribution >= 4 is 84.1 Å². The number of thiocarbonyl (C=S) groups is 1. The largest absolute Gasteiger partial charge is 0.480 e. The zero-order valence-corrected chi connectivity index (χ0v) is 21.6. The average Bonchev–Trinajstić information content (AvgIpc) is 2.67. The van der Waals surface area contributed by atoms with Crippen LogP contribution in [0.15, 0.2) is 24.3 Å². The van der Waals surface area contributed by atoms with Gasteiger partial charge in [-0.1, -0.05) is 12.1 Å². The van der Waals surface area contributed by atoms with E-state index in [0.29, 0.717) is 5.69 Å². The Kier molecular flexibility index (Phi) is 17.9. The van der Waals surface area contributed by atoms with Crippen molar-refractivity contribution in [2.75, 3.05) is 38.1 Å². The van der Waals surface area contributed by atoms with Crippen LogP contribution in [0.25, 0.3) is 0 Å². The van der Waals surface area contributed by atoms with E-state index < -0.39 is 49.1 Å². The first-order valence-electron chi connectivity index (χ1n) is 9.14. The zero-order valence-electron chi connectivity index (χ0n) is 18.4. The third-order valence-corrected chi connectivity index (χ3v) is 4.66. The minimum Gasteiger partial charge on any atom is -0.480 e. The van der Waals surface area contributed by atoms with Crippen molar-refractivity contribution in [1.29, 1.82) is 0 Å². The van der Waals surface area contributed by atoms with Crippen LogP contribution < -0.4 is 16.6 Å². The smallest absolute Gasteiger partial charge is 0.328 e. The van der Waals surface area contributed by atoms with Gasteiger partial charge in [-0.15, -0.1) is 37.2 Å². The molecular formula is C18H28Cl3N5O8S. The number of hydrazine groups is 1. The van der Waals surface area contributed by atoms with Crippen LogP contribution in [-0.2, 0) is 24.7 Å². The van der Waals surface area contributed by atoms with Crippen molar-refractivity contribution in [3.63, 3.8) is 0 Å². The second-order valence-corrected chi connectivity index (χ2v) is 7.32. The van der Waals surface area contributed by atoms with E-state index in [1.54, 1.807) is 0 Å². The van der Waals surface area contributed by atoms with Gasteiger partial charge in [0.1, 0.15) is 5.54 Å². The van der Waals surface area contributed by atoms with Crippen molar-refractivity contribution < 1.29 is 39.6 Å². The maximum Gasteiger partial charge on any atom is 0.328 e. The standard InChI is InChI=1S/C18H25N5O8S.3ClH/c1-18(16(30)31,11-2-4-12(5-3-11)20-21-17(19)32)23(10-15(28)29)7-6-22(8-13(24)25)9-14(26)27;;;/h2-5,20H,6-10H2,1H3,(H,24,25)(H,26,27)(H,28,29)(H,30,31)(H3,19,21,32);3*1H/t18-;;;/m1.../s1. The van der Waals surface area contributed by atoms with Gasteiger partial charge in [-0.3, -0.25) is 35.0 Å². The van der Waals surface area contributed by atoms with E-state index in [-0.39, 0.29) is 61.0 Å². The lowest BCUT2D eigenvalue weighted by molar-refractivity contribution is -0.155. The molecule has 0 bridgehead atoms. The number of carbonyl (C=O) groups is 4. The molecule has 0 saturated carbocycles. The van der Waals surface area contributed by atoms with Crippen LogP contribution in [0.3, 0.4) is 0 Å². The van der Waals surface area contributed by atoms with E-state index in [2.05, 4.69) is 23.1 Å². The summed E-state index contributed by atoms with van der Waals surface area (Å²) in [5.41, 5.74) is 9.47. The van der Waals surface area contributed by atoms with Crippen LogP contribution in [0, 0.1) is 0 Å². The molecule has 13 nitrogen and oxygen atoms in total. The Morgan fingerprint density at radius 3 is 1.71 bits per heavy atom. The number of carboxylic acid groups (broad SMARTS) is 4. The van der Waals surface area contributed by atoms with Crippen molar-refractivity contribution in [3.05, 3.63) is 29.8 Å². The number of nitrogens with one attached hydrogen (secondary N) is 2. The second kappa shape index (κ2) is 16.9. The summed E-state index contributed by atoms with van der Waals surface area (Å²) in [6.45, 7) is -0.988. The Labute approximate surface area is 224 Å². The summed E-state index contributed by atoms with van der Waals surface area (Å²) in [7, 11) is 0. The van der Waals surface area contributed by atoms with Gasteiger partial charge in [-0.25, -0.2) is 4.79 Å². The van der Waals surface area contributed by atoms with E-state index in [0.717, 1.165) is 9.80 Å². The molecule has 200 valence electrons. The topological polar surface area (TPSA) is 206 Å². The Hall–Kier alpha value is -2.62. The lowest BCUT2D eigenvalue weighted by atomic mass is 9.89. The van der Waals surface area contributed by atoms with E-state index in [1.165, 1.54) is 31.2 Å². The maximum atomic E-state index is 12.2. The van der Waals surface area contributed by atoms with E-state index in [9.17, 15) is 29.4 Å². The van der Waals surface area contributed by atoms with Gasteiger partial charge < -0.3 is 26.2 Å². The molecule has 1 atom stereocenters. The number of nitrogens with zero attached hydrogens (tertiary/aromatic N) is 2. The second-order valence-electron chi connectivity index (χ2n) is 6.88. The Morgan fingerprint density at radius 1 is 0.886 bits per heavy atom. The molecular weight excluding hydrogens is 553 g/mol. The first kappa shape index (κ1) is 36.9.